The van der Waals surface area contributed by atoms with Gasteiger partial charge in [-0.2, -0.15) is 0 Å². The van der Waals surface area contributed by atoms with Gasteiger partial charge in [0.1, 0.15) is 5.82 Å². The van der Waals surface area contributed by atoms with Crippen molar-refractivity contribution in [3.05, 3.63) is 71.9 Å². The van der Waals surface area contributed by atoms with Gasteiger partial charge in [-0.05, 0) is 18.4 Å². The topological polar surface area (TPSA) is 54.5 Å². The summed E-state index contributed by atoms with van der Waals surface area (Å²) in [6.45, 7) is 3.12. The number of rotatable bonds is 5. The van der Waals surface area contributed by atoms with Gasteiger partial charge in [-0.3, -0.25) is 4.90 Å². The predicted octanol–water partition coefficient (Wildman–Crippen LogP) is 4.10. The monoisotopic (exact) mass is 375 g/mol. The second-order valence-corrected chi connectivity index (χ2v) is 7.24. The van der Waals surface area contributed by atoms with Gasteiger partial charge in [0.2, 0.25) is 0 Å². The molecule has 1 saturated heterocycles. The lowest BCUT2D eigenvalue weighted by molar-refractivity contribution is 0.0602. The van der Waals surface area contributed by atoms with Crippen LogP contribution in [0.4, 0.5) is 5.82 Å². The molecule has 5 heteroatoms. The van der Waals surface area contributed by atoms with Crippen molar-refractivity contribution in [3.8, 4) is 0 Å². The lowest BCUT2D eigenvalue weighted by Gasteiger charge is -2.32. The van der Waals surface area contributed by atoms with Crippen LogP contribution < -0.4 is 5.32 Å². The number of carbonyl (C=O) groups is 1. The van der Waals surface area contributed by atoms with Gasteiger partial charge in [0, 0.05) is 42.6 Å². The molecule has 0 unspecified atom stereocenters. The Hall–Kier alpha value is -2.92. The van der Waals surface area contributed by atoms with E-state index in [1.54, 1.807) is 6.20 Å². The minimum Gasteiger partial charge on any atom is -0.465 e. The normalized spacial score (nSPS) is 15.5. The van der Waals surface area contributed by atoms with Crippen LogP contribution in [0, 0.1) is 0 Å². The van der Waals surface area contributed by atoms with Crippen LogP contribution in [0.3, 0.4) is 0 Å². The van der Waals surface area contributed by atoms with E-state index in [1.165, 1.54) is 12.7 Å². The molecule has 3 aromatic rings. The highest BCUT2D eigenvalue weighted by Gasteiger charge is 2.21. The van der Waals surface area contributed by atoms with Gasteiger partial charge in [-0.1, -0.05) is 54.6 Å². The van der Waals surface area contributed by atoms with E-state index in [4.69, 9.17) is 4.74 Å². The first kappa shape index (κ1) is 18.4. The molecule has 0 atom stereocenters. The fraction of sp³-hybridized carbons (Fsp3) is 0.304. The van der Waals surface area contributed by atoms with Crippen molar-refractivity contribution in [1.82, 2.24) is 9.88 Å². The van der Waals surface area contributed by atoms with Crippen LogP contribution in [0.25, 0.3) is 10.8 Å². The van der Waals surface area contributed by atoms with Gasteiger partial charge in [0.15, 0.2) is 0 Å². The number of piperidine rings is 1. The van der Waals surface area contributed by atoms with Crippen LogP contribution in [0.1, 0.15) is 28.8 Å². The lowest BCUT2D eigenvalue weighted by atomic mass is 10.0. The molecule has 1 fully saturated rings. The van der Waals surface area contributed by atoms with E-state index >= 15 is 0 Å². The maximum Gasteiger partial charge on any atom is 0.340 e. The largest absolute Gasteiger partial charge is 0.465 e. The molecule has 144 valence electrons. The van der Waals surface area contributed by atoms with Crippen LogP contribution in [0.5, 0.6) is 0 Å². The SMILES string of the molecule is COC(=O)c1cnc(NC2CCN(Cc3ccccc3)CC2)c2ccccc12. The van der Waals surface area contributed by atoms with Gasteiger partial charge in [0.05, 0.1) is 12.7 Å². The molecule has 1 N–H and O–H groups in total. The summed E-state index contributed by atoms with van der Waals surface area (Å²) < 4.78 is 4.89. The van der Waals surface area contributed by atoms with Crippen molar-refractivity contribution in [2.24, 2.45) is 0 Å². The quantitative estimate of drug-likeness (QED) is 0.681. The van der Waals surface area contributed by atoms with E-state index in [1.807, 2.05) is 24.3 Å². The van der Waals surface area contributed by atoms with Gasteiger partial charge in [-0.15, -0.1) is 0 Å². The van der Waals surface area contributed by atoms with Crippen molar-refractivity contribution in [1.29, 1.82) is 0 Å². The van der Waals surface area contributed by atoms with E-state index < -0.39 is 0 Å². The van der Waals surface area contributed by atoms with Crippen LogP contribution in [0.2, 0.25) is 0 Å². The van der Waals surface area contributed by atoms with Gasteiger partial charge in [0.25, 0.3) is 0 Å². The Morgan fingerprint density at radius 1 is 1.07 bits per heavy atom. The van der Waals surface area contributed by atoms with E-state index in [0.717, 1.165) is 49.1 Å². The fourth-order valence-electron chi connectivity index (χ4n) is 3.85. The number of fused-ring (bicyclic) bond motifs is 1. The smallest absolute Gasteiger partial charge is 0.340 e. The Labute approximate surface area is 165 Å². The Morgan fingerprint density at radius 3 is 2.46 bits per heavy atom. The molecule has 0 bridgehead atoms. The van der Waals surface area contributed by atoms with Crippen LogP contribution in [-0.4, -0.2) is 42.1 Å². The van der Waals surface area contributed by atoms with Crippen molar-refractivity contribution < 1.29 is 9.53 Å². The fourth-order valence-corrected chi connectivity index (χ4v) is 3.85. The second-order valence-electron chi connectivity index (χ2n) is 7.24. The third-order valence-electron chi connectivity index (χ3n) is 5.38. The van der Waals surface area contributed by atoms with Gasteiger partial charge >= 0.3 is 5.97 Å². The number of esters is 1. The summed E-state index contributed by atoms with van der Waals surface area (Å²) in [7, 11) is 1.40. The first-order valence-electron chi connectivity index (χ1n) is 9.73. The Morgan fingerprint density at radius 2 is 1.75 bits per heavy atom. The Kier molecular flexibility index (Phi) is 5.53. The molecule has 0 amide bonds. The summed E-state index contributed by atoms with van der Waals surface area (Å²) >= 11 is 0. The number of anilines is 1. The number of nitrogens with one attached hydrogen (secondary N) is 1. The summed E-state index contributed by atoms with van der Waals surface area (Å²) in [6.07, 6.45) is 3.75. The van der Waals surface area contributed by atoms with Crippen molar-refractivity contribution >= 4 is 22.6 Å². The van der Waals surface area contributed by atoms with E-state index in [-0.39, 0.29) is 5.97 Å². The molecule has 1 aromatic heterocycles. The highest BCUT2D eigenvalue weighted by Crippen LogP contribution is 2.27. The summed E-state index contributed by atoms with van der Waals surface area (Å²) in [6, 6.07) is 18.8. The maximum absolute atomic E-state index is 12.0. The Balaban J connectivity index is 1.44. The first-order chi connectivity index (χ1) is 13.7. The molecule has 5 nitrogen and oxygen atoms in total. The summed E-state index contributed by atoms with van der Waals surface area (Å²) in [5.74, 6) is 0.481. The molecule has 28 heavy (non-hydrogen) atoms. The average Bonchev–Trinajstić information content (AvgIpc) is 2.75. The molecule has 0 radical (unpaired) electrons. The van der Waals surface area contributed by atoms with E-state index in [9.17, 15) is 4.79 Å². The number of aromatic nitrogens is 1. The number of nitrogens with zero attached hydrogens (tertiary/aromatic N) is 2. The van der Waals surface area contributed by atoms with Crippen LogP contribution >= 0.6 is 0 Å². The summed E-state index contributed by atoms with van der Waals surface area (Å²) in [4.78, 5) is 19.1. The minimum absolute atomic E-state index is 0.357. The molecular weight excluding hydrogens is 350 g/mol. The number of likely N-dealkylation sites (tertiary alicyclic amines) is 1. The predicted molar refractivity (Wildman–Crippen MR) is 111 cm³/mol. The molecule has 4 rings (SSSR count). The van der Waals surface area contributed by atoms with Crippen molar-refractivity contribution in [2.45, 2.75) is 25.4 Å². The zero-order valence-electron chi connectivity index (χ0n) is 16.1. The summed E-state index contributed by atoms with van der Waals surface area (Å²) in [5, 5.41) is 5.43. The molecule has 1 aliphatic rings. The molecule has 2 heterocycles. The molecule has 2 aromatic carbocycles. The highest BCUT2D eigenvalue weighted by atomic mass is 16.5. The molecule has 0 saturated carbocycles. The number of carbonyl (C=O) groups excluding carboxylic acids is 1. The molecule has 1 aliphatic heterocycles. The summed E-state index contributed by atoms with van der Waals surface area (Å²) in [5.41, 5.74) is 1.86. The Bertz CT molecular complexity index is 950. The molecule has 0 aliphatic carbocycles. The van der Waals surface area contributed by atoms with Gasteiger partial charge in [-0.25, -0.2) is 9.78 Å². The van der Waals surface area contributed by atoms with E-state index in [0.29, 0.717) is 11.6 Å². The van der Waals surface area contributed by atoms with Crippen molar-refractivity contribution in [2.75, 3.05) is 25.5 Å². The molecule has 0 spiro atoms. The number of ether oxygens (including phenoxy) is 1. The highest BCUT2D eigenvalue weighted by molar-refractivity contribution is 6.07. The molecular formula is C23H25N3O2. The third kappa shape index (κ3) is 3.99. The number of hydrogen-bond donors (Lipinski definition) is 1. The third-order valence-corrected chi connectivity index (χ3v) is 5.38. The number of pyridine rings is 1. The van der Waals surface area contributed by atoms with Crippen LogP contribution in [-0.2, 0) is 11.3 Å². The zero-order chi connectivity index (χ0) is 19.3. The number of methoxy groups -OCH3 is 1. The van der Waals surface area contributed by atoms with Crippen LogP contribution in [0.15, 0.2) is 60.8 Å². The van der Waals surface area contributed by atoms with Gasteiger partial charge < -0.3 is 10.1 Å². The second kappa shape index (κ2) is 8.40. The zero-order valence-corrected chi connectivity index (χ0v) is 16.1. The maximum atomic E-state index is 12.0. The standard InChI is InChI=1S/C23H25N3O2/c1-28-23(27)21-15-24-22(20-10-6-5-9-19(20)21)25-18-11-13-26(14-12-18)16-17-7-3-2-4-8-17/h2-10,15,18H,11-14,16H2,1H3,(H,24,25). The lowest BCUT2D eigenvalue weighted by Crippen LogP contribution is -2.38. The van der Waals surface area contributed by atoms with E-state index in [2.05, 4.69) is 45.5 Å². The number of hydrogen-bond acceptors (Lipinski definition) is 5. The minimum atomic E-state index is -0.357. The number of benzene rings is 2. The van der Waals surface area contributed by atoms with Crippen molar-refractivity contribution in [3.63, 3.8) is 0 Å². The average molecular weight is 375 g/mol. The first-order valence-corrected chi connectivity index (χ1v) is 9.73.